The third-order valence-corrected chi connectivity index (χ3v) is 3.50. The number of furan rings is 1. The lowest BCUT2D eigenvalue weighted by atomic mass is 9.92. The number of nitrogens with zero attached hydrogens (tertiary/aromatic N) is 1. The lowest BCUT2D eigenvalue weighted by Crippen LogP contribution is -2.27. The van der Waals surface area contributed by atoms with Crippen molar-refractivity contribution in [3.8, 4) is 0 Å². The van der Waals surface area contributed by atoms with Gasteiger partial charge in [0.05, 0.1) is 11.9 Å². The molecule has 1 atom stereocenters. The molecule has 1 aromatic carbocycles. The molecule has 0 fully saturated rings. The summed E-state index contributed by atoms with van der Waals surface area (Å²) in [5.41, 5.74) is -0.274. The van der Waals surface area contributed by atoms with E-state index in [4.69, 9.17) is 4.42 Å². The molecule has 20 heavy (non-hydrogen) atoms. The fourth-order valence-electron chi connectivity index (χ4n) is 2.29. The number of fused-ring (bicyclic) bond motifs is 1. The van der Waals surface area contributed by atoms with Crippen molar-refractivity contribution in [1.29, 1.82) is 0 Å². The molecule has 0 aliphatic heterocycles. The first kappa shape index (κ1) is 12.8. The summed E-state index contributed by atoms with van der Waals surface area (Å²) in [7, 11) is 0. The number of pyridine rings is 1. The molecule has 0 radical (unpaired) electrons. The summed E-state index contributed by atoms with van der Waals surface area (Å²) < 4.78 is 18.7. The summed E-state index contributed by atoms with van der Waals surface area (Å²) in [6, 6.07) is 12.1. The normalized spacial score (nSPS) is 14.3. The van der Waals surface area contributed by atoms with Crippen molar-refractivity contribution in [2.75, 3.05) is 0 Å². The highest BCUT2D eigenvalue weighted by Gasteiger charge is 2.34. The summed E-state index contributed by atoms with van der Waals surface area (Å²) in [4.78, 5) is 3.98. The minimum Gasteiger partial charge on any atom is -0.458 e. The molecular formula is C16H14FNO2. The van der Waals surface area contributed by atoms with Gasteiger partial charge in [-0.1, -0.05) is 25.1 Å². The second kappa shape index (κ2) is 4.72. The average Bonchev–Trinajstić information content (AvgIpc) is 2.91. The van der Waals surface area contributed by atoms with Crippen molar-refractivity contribution in [2.45, 2.75) is 18.9 Å². The molecule has 0 amide bonds. The van der Waals surface area contributed by atoms with Gasteiger partial charge in [-0.05, 0) is 30.7 Å². The second-order valence-electron chi connectivity index (χ2n) is 4.72. The molecule has 0 aliphatic carbocycles. The highest BCUT2D eigenvalue weighted by Crippen LogP contribution is 2.35. The maximum Gasteiger partial charge on any atom is 0.163 e. The number of para-hydroxylation sites is 1. The Morgan fingerprint density at radius 3 is 2.70 bits per heavy atom. The van der Waals surface area contributed by atoms with Gasteiger partial charge in [0.1, 0.15) is 17.2 Å². The molecule has 0 saturated heterocycles. The van der Waals surface area contributed by atoms with Crippen molar-refractivity contribution in [3.63, 3.8) is 0 Å². The number of aromatic nitrogens is 1. The Morgan fingerprint density at radius 2 is 2.05 bits per heavy atom. The van der Waals surface area contributed by atoms with Gasteiger partial charge in [-0.2, -0.15) is 0 Å². The molecule has 3 nitrogen and oxygen atoms in total. The van der Waals surface area contributed by atoms with Crippen molar-refractivity contribution >= 4 is 11.0 Å². The number of rotatable bonds is 3. The SMILES string of the molecule is CCC(O)(c1ccc(F)cn1)c1cc2ccccc2o1. The summed E-state index contributed by atoms with van der Waals surface area (Å²) in [6.45, 7) is 1.83. The molecule has 2 heterocycles. The highest BCUT2D eigenvalue weighted by molar-refractivity contribution is 5.78. The summed E-state index contributed by atoms with van der Waals surface area (Å²) in [5, 5.41) is 11.8. The monoisotopic (exact) mass is 271 g/mol. The summed E-state index contributed by atoms with van der Waals surface area (Å²) >= 11 is 0. The predicted octanol–water partition coefficient (Wildman–Crippen LogP) is 3.61. The zero-order valence-corrected chi connectivity index (χ0v) is 11.0. The summed E-state index contributed by atoms with van der Waals surface area (Å²) in [6.07, 6.45) is 1.48. The zero-order chi connectivity index (χ0) is 14.2. The number of hydrogen-bond acceptors (Lipinski definition) is 3. The van der Waals surface area contributed by atoms with Gasteiger partial charge in [-0.15, -0.1) is 0 Å². The van der Waals surface area contributed by atoms with E-state index in [1.54, 1.807) is 6.07 Å². The van der Waals surface area contributed by atoms with Gasteiger partial charge in [0, 0.05) is 5.39 Å². The van der Waals surface area contributed by atoms with Gasteiger partial charge in [-0.3, -0.25) is 4.98 Å². The van der Waals surface area contributed by atoms with Gasteiger partial charge in [-0.25, -0.2) is 4.39 Å². The van der Waals surface area contributed by atoms with Gasteiger partial charge in [0.2, 0.25) is 0 Å². The van der Waals surface area contributed by atoms with Crippen LogP contribution in [-0.4, -0.2) is 10.1 Å². The molecule has 3 aromatic rings. The predicted molar refractivity (Wildman–Crippen MR) is 73.7 cm³/mol. The van der Waals surface area contributed by atoms with Crippen molar-refractivity contribution in [1.82, 2.24) is 4.98 Å². The van der Waals surface area contributed by atoms with Crippen LogP contribution in [0.5, 0.6) is 0 Å². The van der Waals surface area contributed by atoms with Crippen molar-refractivity contribution in [3.05, 3.63) is 65.9 Å². The van der Waals surface area contributed by atoms with E-state index in [1.165, 1.54) is 12.1 Å². The van der Waals surface area contributed by atoms with Gasteiger partial charge in [0.15, 0.2) is 5.60 Å². The Balaban J connectivity index is 2.13. The molecule has 0 bridgehead atoms. The third kappa shape index (κ3) is 1.98. The number of hydrogen-bond donors (Lipinski definition) is 1. The second-order valence-corrected chi connectivity index (χ2v) is 4.72. The molecule has 0 aliphatic rings. The number of aliphatic hydroxyl groups is 1. The van der Waals surface area contributed by atoms with Gasteiger partial charge in [0.25, 0.3) is 0 Å². The van der Waals surface area contributed by atoms with Crippen LogP contribution in [0.25, 0.3) is 11.0 Å². The fourth-order valence-corrected chi connectivity index (χ4v) is 2.29. The summed E-state index contributed by atoms with van der Waals surface area (Å²) in [5.74, 6) is -0.0166. The Hall–Kier alpha value is -2.20. The van der Waals surface area contributed by atoms with Crippen LogP contribution >= 0.6 is 0 Å². The molecule has 1 unspecified atom stereocenters. The lowest BCUT2D eigenvalue weighted by Gasteiger charge is -2.23. The quantitative estimate of drug-likeness (QED) is 0.791. The third-order valence-electron chi connectivity index (χ3n) is 3.50. The van der Waals surface area contributed by atoms with E-state index in [-0.39, 0.29) is 0 Å². The smallest absolute Gasteiger partial charge is 0.163 e. The van der Waals surface area contributed by atoms with Gasteiger partial charge < -0.3 is 9.52 Å². The lowest BCUT2D eigenvalue weighted by molar-refractivity contribution is 0.0500. The molecule has 102 valence electrons. The first-order valence-corrected chi connectivity index (χ1v) is 6.47. The van der Waals surface area contributed by atoms with E-state index in [1.807, 2.05) is 31.2 Å². The molecule has 0 spiro atoms. The van der Waals surface area contributed by atoms with Crippen LogP contribution in [-0.2, 0) is 5.60 Å². The fraction of sp³-hybridized carbons (Fsp3) is 0.188. The van der Waals surface area contributed by atoms with Crippen molar-refractivity contribution < 1.29 is 13.9 Å². The van der Waals surface area contributed by atoms with E-state index >= 15 is 0 Å². The highest BCUT2D eigenvalue weighted by atomic mass is 19.1. The zero-order valence-electron chi connectivity index (χ0n) is 11.0. The van der Waals surface area contributed by atoms with E-state index < -0.39 is 11.4 Å². The minimum absolute atomic E-state index is 0.375. The van der Waals surface area contributed by atoms with Crippen LogP contribution in [0.2, 0.25) is 0 Å². The topological polar surface area (TPSA) is 46.3 Å². The molecule has 1 N–H and O–H groups in total. The number of benzene rings is 1. The van der Waals surface area contributed by atoms with Crippen LogP contribution in [0.3, 0.4) is 0 Å². The van der Waals surface area contributed by atoms with Crippen LogP contribution in [0.1, 0.15) is 24.8 Å². The van der Waals surface area contributed by atoms with E-state index in [9.17, 15) is 9.50 Å². The van der Waals surface area contributed by atoms with Crippen LogP contribution in [0.15, 0.2) is 53.1 Å². The molecule has 2 aromatic heterocycles. The standard InChI is InChI=1S/C16H14FNO2/c1-2-16(19,14-8-7-12(17)10-18-14)15-9-11-5-3-4-6-13(11)20-15/h3-10,19H,2H2,1H3. The van der Waals surface area contributed by atoms with E-state index in [2.05, 4.69) is 4.98 Å². The maximum atomic E-state index is 13.0. The van der Waals surface area contributed by atoms with Crippen LogP contribution in [0, 0.1) is 5.82 Å². The molecule has 0 saturated carbocycles. The first-order valence-electron chi connectivity index (χ1n) is 6.47. The maximum absolute atomic E-state index is 13.0. The van der Waals surface area contributed by atoms with E-state index in [0.29, 0.717) is 23.5 Å². The Bertz CT molecular complexity index is 703. The number of halogens is 1. The average molecular weight is 271 g/mol. The van der Waals surface area contributed by atoms with Crippen LogP contribution in [0.4, 0.5) is 4.39 Å². The Kier molecular flexibility index (Phi) is 3.03. The van der Waals surface area contributed by atoms with E-state index in [0.717, 1.165) is 11.6 Å². The minimum atomic E-state index is -1.35. The Labute approximate surface area is 115 Å². The first-order chi connectivity index (χ1) is 9.63. The largest absolute Gasteiger partial charge is 0.458 e. The Morgan fingerprint density at radius 1 is 1.25 bits per heavy atom. The molecular weight excluding hydrogens is 257 g/mol. The van der Waals surface area contributed by atoms with Crippen molar-refractivity contribution in [2.24, 2.45) is 0 Å². The van der Waals surface area contributed by atoms with Gasteiger partial charge >= 0.3 is 0 Å². The molecule has 3 rings (SSSR count). The van der Waals surface area contributed by atoms with Crippen LogP contribution < -0.4 is 0 Å². The molecule has 4 heteroatoms.